The molecule has 2 N–H and O–H groups in total. The highest BCUT2D eigenvalue weighted by Crippen LogP contribution is 2.31. The lowest BCUT2D eigenvalue weighted by Gasteiger charge is -2.20. The molecule has 2 aromatic rings. The molecule has 1 atom stereocenters. The molecule has 0 aliphatic heterocycles. The highest BCUT2D eigenvalue weighted by molar-refractivity contribution is 5.67. The van der Waals surface area contributed by atoms with Crippen LogP contribution in [0.5, 0.6) is 5.75 Å². The minimum absolute atomic E-state index is 0.0873. The lowest BCUT2D eigenvalue weighted by molar-refractivity contribution is 0.209. The normalized spacial score (nSPS) is 12.5. The molecular weight excluding hydrogens is 333 g/mol. The first kappa shape index (κ1) is 19.2. The molecule has 0 saturated carbocycles. The second kappa shape index (κ2) is 8.31. The van der Waals surface area contributed by atoms with Crippen LogP contribution in [0, 0.1) is 23.4 Å². The summed E-state index contributed by atoms with van der Waals surface area (Å²) in [4.78, 5) is 4.20. The van der Waals surface area contributed by atoms with Gasteiger partial charge in [-0.1, -0.05) is 13.8 Å². The number of aliphatic hydroxyl groups is 1. The highest BCUT2D eigenvalue weighted by Gasteiger charge is 2.17. The monoisotopic (exact) mass is 354 g/mol. The number of rotatable bonds is 7. The Balaban J connectivity index is 2.34. The molecule has 4 nitrogen and oxygen atoms in total. The van der Waals surface area contributed by atoms with Gasteiger partial charge in [0, 0.05) is 24.2 Å². The summed E-state index contributed by atoms with van der Waals surface area (Å²) in [5, 5.41) is 12.4. The second-order valence-electron chi connectivity index (χ2n) is 6.01. The number of aromatic nitrogens is 1. The third-order valence-corrected chi connectivity index (χ3v) is 3.97. The number of benzene rings is 1. The fourth-order valence-electron chi connectivity index (χ4n) is 2.39. The molecule has 0 unspecified atom stereocenters. The van der Waals surface area contributed by atoms with Crippen molar-refractivity contribution in [3.05, 3.63) is 47.4 Å². The summed E-state index contributed by atoms with van der Waals surface area (Å²) in [5.41, 5.74) is 0.604. The minimum atomic E-state index is -1.04. The van der Waals surface area contributed by atoms with E-state index in [1.807, 2.05) is 13.8 Å². The molecule has 1 aromatic heterocycles. The number of hydrogen-bond acceptors (Lipinski definition) is 4. The number of nitrogens with zero attached hydrogens (tertiary/aromatic N) is 1. The van der Waals surface area contributed by atoms with Crippen molar-refractivity contribution in [1.82, 2.24) is 10.3 Å². The smallest absolute Gasteiger partial charge is 0.162 e. The molecule has 7 heteroatoms. The molecule has 0 spiro atoms. The van der Waals surface area contributed by atoms with Crippen LogP contribution in [0.15, 0.2) is 24.3 Å². The van der Waals surface area contributed by atoms with E-state index in [1.54, 1.807) is 0 Å². The van der Waals surface area contributed by atoms with Crippen molar-refractivity contribution < 1.29 is 23.0 Å². The summed E-state index contributed by atoms with van der Waals surface area (Å²) in [5.74, 6) is -2.35. The molecule has 0 saturated heterocycles. The predicted octanol–water partition coefficient (Wildman–Crippen LogP) is 3.28. The Morgan fingerprint density at radius 1 is 1.12 bits per heavy atom. The van der Waals surface area contributed by atoms with Gasteiger partial charge in [0.1, 0.15) is 11.6 Å². The fourth-order valence-corrected chi connectivity index (χ4v) is 2.39. The van der Waals surface area contributed by atoms with Crippen molar-refractivity contribution in [3.63, 3.8) is 0 Å². The van der Waals surface area contributed by atoms with Gasteiger partial charge in [-0.3, -0.25) is 0 Å². The van der Waals surface area contributed by atoms with Gasteiger partial charge in [0.25, 0.3) is 0 Å². The zero-order chi connectivity index (χ0) is 18.6. The van der Waals surface area contributed by atoms with Crippen LogP contribution in [0.1, 0.15) is 19.5 Å². The maximum absolute atomic E-state index is 14.0. The summed E-state index contributed by atoms with van der Waals surface area (Å²) in [6, 6.07) is 4.27. The molecule has 136 valence electrons. The average Bonchev–Trinajstić information content (AvgIpc) is 2.58. The maximum atomic E-state index is 14.0. The lowest BCUT2D eigenvalue weighted by Crippen LogP contribution is -2.36. The Labute approximate surface area is 144 Å². The minimum Gasteiger partial charge on any atom is -0.496 e. The Bertz CT molecular complexity index is 739. The van der Waals surface area contributed by atoms with E-state index in [0.29, 0.717) is 0 Å². The van der Waals surface area contributed by atoms with E-state index in [9.17, 15) is 18.3 Å². The van der Waals surface area contributed by atoms with E-state index >= 15 is 0 Å². The van der Waals surface area contributed by atoms with Gasteiger partial charge in [-0.15, -0.1) is 0 Å². The molecule has 0 aliphatic carbocycles. The molecule has 0 bridgehead atoms. The quantitative estimate of drug-likeness (QED) is 0.801. The number of halogens is 3. The standard InChI is InChI=1S/C18H21F3N2O2/c1-10(2)17(9-24)22-8-16-12(19)4-5-15(23-16)11-6-13(20)14(21)7-18(11)25-3/h4-7,10,17,22,24H,8-9H2,1-3H3/t17-/m0/s1. The van der Waals surface area contributed by atoms with Crippen LogP contribution in [0.2, 0.25) is 0 Å². The third kappa shape index (κ3) is 4.49. The third-order valence-electron chi connectivity index (χ3n) is 3.97. The van der Waals surface area contributed by atoms with Gasteiger partial charge in [-0.2, -0.15) is 0 Å². The first-order chi connectivity index (χ1) is 11.9. The average molecular weight is 354 g/mol. The van der Waals surface area contributed by atoms with Gasteiger partial charge in [0.15, 0.2) is 11.6 Å². The predicted molar refractivity (Wildman–Crippen MR) is 88.7 cm³/mol. The summed E-state index contributed by atoms with van der Waals surface area (Å²) < 4.78 is 46.0. The molecular formula is C18H21F3N2O2. The van der Waals surface area contributed by atoms with Crippen LogP contribution in [0.4, 0.5) is 13.2 Å². The molecule has 0 amide bonds. The van der Waals surface area contributed by atoms with Crippen LogP contribution in [-0.4, -0.2) is 29.8 Å². The van der Waals surface area contributed by atoms with Crippen LogP contribution >= 0.6 is 0 Å². The van der Waals surface area contributed by atoms with Crippen LogP contribution in [0.3, 0.4) is 0 Å². The zero-order valence-corrected chi connectivity index (χ0v) is 14.3. The first-order valence-electron chi connectivity index (χ1n) is 7.90. The second-order valence-corrected chi connectivity index (χ2v) is 6.01. The number of pyridine rings is 1. The van der Waals surface area contributed by atoms with Gasteiger partial charge in [0.2, 0.25) is 0 Å². The number of hydrogen-bond donors (Lipinski definition) is 2. The van der Waals surface area contributed by atoms with Gasteiger partial charge < -0.3 is 15.2 Å². The van der Waals surface area contributed by atoms with Crippen molar-refractivity contribution in [3.8, 4) is 17.0 Å². The van der Waals surface area contributed by atoms with Gasteiger partial charge >= 0.3 is 0 Å². The van der Waals surface area contributed by atoms with Crippen LogP contribution in [0.25, 0.3) is 11.3 Å². The SMILES string of the molecule is COc1cc(F)c(F)cc1-c1ccc(F)c(CN[C@@H](CO)C(C)C)n1. The number of ether oxygens (including phenoxy) is 1. The Morgan fingerprint density at radius 3 is 2.40 bits per heavy atom. The molecule has 0 fully saturated rings. The molecule has 25 heavy (non-hydrogen) atoms. The summed E-state index contributed by atoms with van der Waals surface area (Å²) in [7, 11) is 1.33. The van der Waals surface area contributed by atoms with Gasteiger partial charge in [-0.25, -0.2) is 18.2 Å². The van der Waals surface area contributed by atoms with E-state index in [1.165, 1.54) is 19.2 Å². The molecule has 1 aromatic carbocycles. The number of aliphatic hydroxyl groups excluding tert-OH is 1. The van der Waals surface area contributed by atoms with Crippen molar-refractivity contribution in [1.29, 1.82) is 0 Å². The molecule has 0 aliphatic rings. The van der Waals surface area contributed by atoms with Crippen molar-refractivity contribution in [2.24, 2.45) is 5.92 Å². The fraction of sp³-hybridized carbons (Fsp3) is 0.389. The lowest BCUT2D eigenvalue weighted by atomic mass is 10.1. The molecule has 2 rings (SSSR count). The Hall–Kier alpha value is -2.12. The van der Waals surface area contributed by atoms with E-state index in [-0.39, 0.29) is 47.8 Å². The van der Waals surface area contributed by atoms with Crippen molar-refractivity contribution in [2.45, 2.75) is 26.4 Å². The molecule has 0 radical (unpaired) electrons. The first-order valence-corrected chi connectivity index (χ1v) is 7.90. The maximum Gasteiger partial charge on any atom is 0.162 e. The summed E-state index contributed by atoms with van der Waals surface area (Å²) >= 11 is 0. The van der Waals surface area contributed by atoms with E-state index in [2.05, 4.69) is 10.3 Å². The summed E-state index contributed by atoms with van der Waals surface area (Å²) in [6.07, 6.45) is 0. The molecule has 1 heterocycles. The van der Waals surface area contributed by atoms with E-state index in [4.69, 9.17) is 4.74 Å². The van der Waals surface area contributed by atoms with E-state index in [0.717, 1.165) is 12.1 Å². The zero-order valence-electron chi connectivity index (χ0n) is 14.3. The summed E-state index contributed by atoms with van der Waals surface area (Å²) in [6.45, 7) is 3.87. The largest absolute Gasteiger partial charge is 0.496 e. The van der Waals surface area contributed by atoms with Crippen LogP contribution < -0.4 is 10.1 Å². The topological polar surface area (TPSA) is 54.4 Å². The Morgan fingerprint density at radius 2 is 1.80 bits per heavy atom. The number of methoxy groups -OCH3 is 1. The van der Waals surface area contributed by atoms with E-state index < -0.39 is 17.5 Å². The van der Waals surface area contributed by atoms with Crippen molar-refractivity contribution in [2.75, 3.05) is 13.7 Å². The van der Waals surface area contributed by atoms with Gasteiger partial charge in [0.05, 0.1) is 25.1 Å². The number of nitrogens with one attached hydrogen (secondary N) is 1. The Kier molecular flexibility index (Phi) is 6.39. The highest BCUT2D eigenvalue weighted by atomic mass is 19.2. The van der Waals surface area contributed by atoms with Crippen LogP contribution in [-0.2, 0) is 6.54 Å². The van der Waals surface area contributed by atoms with Gasteiger partial charge in [-0.05, 0) is 24.1 Å². The van der Waals surface area contributed by atoms with Crippen molar-refractivity contribution >= 4 is 0 Å².